The minimum atomic E-state index is -4.22. The lowest BCUT2D eigenvalue weighted by atomic mass is 9.94. The fraction of sp³-hybridized carbons (Fsp3) is 0.462. The Balaban J connectivity index is 2.04. The number of benzene rings is 1. The third kappa shape index (κ3) is 2.71. The van der Waals surface area contributed by atoms with Crippen LogP contribution >= 0.6 is 0 Å². The second kappa shape index (κ2) is 4.96. The average molecular weight is 290 g/mol. The number of nitrogens with one attached hydrogen (secondary N) is 1. The summed E-state index contributed by atoms with van der Waals surface area (Å²) in [5.41, 5.74) is 5.83. The number of nitrogens with two attached hydrogens (primary N) is 1. The van der Waals surface area contributed by atoms with Gasteiger partial charge in [0.2, 0.25) is 5.91 Å². The molecule has 2 rings (SSSR count). The average Bonchev–Trinajstić information content (AvgIpc) is 3.18. The zero-order chi connectivity index (χ0) is 15.0. The van der Waals surface area contributed by atoms with Crippen LogP contribution in [-0.2, 0) is 10.2 Å². The number of anilines is 1. The summed E-state index contributed by atoms with van der Waals surface area (Å²) >= 11 is 0. The first-order valence-corrected chi connectivity index (χ1v) is 6.08. The standard InChI is InChI=1S/C13H14F4N2O/c14-10(15)13(16,17)7-19-11(20)12(5-6-12)8-1-3-9(18)4-2-8/h1-4,10H,5-7,18H2,(H,19,20). The van der Waals surface area contributed by atoms with Gasteiger partial charge in [0.15, 0.2) is 0 Å². The summed E-state index contributed by atoms with van der Waals surface area (Å²) in [7, 11) is 0. The molecule has 20 heavy (non-hydrogen) atoms. The Kier molecular flexibility index (Phi) is 3.62. The van der Waals surface area contributed by atoms with Gasteiger partial charge in [0.25, 0.3) is 0 Å². The van der Waals surface area contributed by atoms with E-state index in [4.69, 9.17) is 5.73 Å². The number of carbonyl (C=O) groups excluding carboxylic acids is 1. The Bertz CT molecular complexity index is 498. The zero-order valence-corrected chi connectivity index (χ0v) is 10.5. The number of hydrogen-bond acceptors (Lipinski definition) is 2. The highest BCUT2D eigenvalue weighted by Gasteiger charge is 2.52. The summed E-state index contributed by atoms with van der Waals surface area (Å²) in [6.45, 7) is -1.36. The summed E-state index contributed by atoms with van der Waals surface area (Å²) in [5, 5.41) is 1.92. The van der Waals surface area contributed by atoms with E-state index >= 15 is 0 Å². The van der Waals surface area contributed by atoms with Crippen LogP contribution in [0.15, 0.2) is 24.3 Å². The fourth-order valence-corrected chi connectivity index (χ4v) is 2.02. The summed E-state index contributed by atoms with van der Waals surface area (Å²) in [4.78, 5) is 12.0. The molecule has 0 heterocycles. The smallest absolute Gasteiger partial charge is 0.324 e. The number of alkyl halides is 4. The van der Waals surface area contributed by atoms with E-state index in [1.165, 1.54) is 0 Å². The van der Waals surface area contributed by atoms with E-state index in [1.807, 2.05) is 5.32 Å². The van der Waals surface area contributed by atoms with Gasteiger partial charge in [-0.05, 0) is 30.5 Å². The van der Waals surface area contributed by atoms with Crippen molar-refractivity contribution in [3.8, 4) is 0 Å². The largest absolute Gasteiger partial charge is 0.399 e. The Labute approximate surface area is 113 Å². The molecule has 1 fully saturated rings. The second-order valence-corrected chi connectivity index (χ2v) is 4.95. The summed E-state index contributed by atoms with van der Waals surface area (Å²) in [6.07, 6.45) is -2.79. The molecular weight excluding hydrogens is 276 g/mol. The van der Waals surface area contributed by atoms with E-state index in [9.17, 15) is 22.4 Å². The lowest BCUT2D eigenvalue weighted by Gasteiger charge is -2.20. The maximum absolute atomic E-state index is 12.8. The van der Waals surface area contributed by atoms with E-state index in [0.29, 0.717) is 24.1 Å². The number of halogens is 4. The molecule has 3 nitrogen and oxygen atoms in total. The van der Waals surface area contributed by atoms with Crippen molar-refractivity contribution in [2.45, 2.75) is 30.6 Å². The monoisotopic (exact) mass is 290 g/mol. The van der Waals surface area contributed by atoms with Gasteiger partial charge in [-0.15, -0.1) is 0 Å². The highest BCUT2D eigenvalue weighted by atomic mass is 19.3. The summed E-state index contributed by atoms with van der Waals surface area (Å²) in [5.74, 6) is -4.87. The molecule has 0 aliphatic heterocycles. The molecule has 0 spiro atoms. The van der Waals surface area contributed by atoms with Gasteiger partial charge in [0, 0.05) is 5.69 Å². The molecule has 0 saturated heterocycles. The highest BCUT2D eigenvalue weighted by Crippen LogP contribution is 2.48. The number of hydrogen-bond donors (Lipinski definition) is 2. The second-order valence-electron chi connectivity index (χ2n) is 4.95. The van der Waals surface area contributed by atoms with Crippen LogP contribution in [0.5, 0.6) is 0 Å². The first kappa shape index (κ1) is 14.6. The molecule has 1 aliphatic carbocycles. The van der Waals surface area contributed by atoms with Crippen molar-refractivity contribution in [1.29, 1.82) is 0 Å². The van der Waals surface area contributed by atoms with Gasteiger partial charge in [0.1, 0.15) is 0 Å². The van der Waals surface area contributed by atoms with E-state index in [0.717, 1.165) is 0 Å². The van der Waals surface area contributed by atoms with Crippen molar-refractivity contribution in [3.05, 3.63) is 29.8 Å². The zero-order valence-electron chi connectivity index (χ0n) is 10.5. The normalized spacial score (nSPS) is 17.1. The Hall–Kier alpha value is -1.79. The molecule has 1 aliphatic rings. The predicted molar refractivity (Wildman–Crippen MR) is 65.7 cm³/mol. The van der Waals surface area contributed by atoms with E-state index in [2.05, 4.69) is 0 Å². The van der Waals surface area contributed by atoms with Crippen molar-refractivity contribution >= 4 is 11.6 Å². The van der Waals surface area contributed by atoms with E-state index in [-0.39, 0.29) is 0 Å². The van der Waals surface area contributed by atoms with Crippen LogP contribution in [-0.4, -0.2) is 24.8 Å². The third-order valence-corrected chi connectivity index (χ3v) is 3.45. The molecule has 3 N–H and O–H groups in total. The molecule has 7 heteroatoms. The predicted octanol–water partition coefficient (Wildman–Crippen LogP) is 2.32. The topological polar surface area (TPSA) is 55.1 Å². The van der Waals surface area contributed by atoms with Gasteiger partial charge in [0.05, 0.1) is 12.0 Å². The molecule has 110 valence electrons. The summed E-state index contributed by atoms with van der Waals surface area (Å²) < 4.78 is 49.6. The lowest BCUT2D eigenvalue weighted by Crippen LogP contribution is -2.45. The molecule has 1 aromatic rings. The molecule has 0 atom stereocenters. The van der Waals surface area contributed by atoms with Crippen LogP contribution < -0.4 is 11.1 Å². The van der Waals surface area contributed by atoms with Gasteiger partial charge in [-0.2, -0.15) is 8.78 Å². The molecule has 1 amide bonds. The van der Waals surface area contributed by atoms with Crippen LogP contribution in [0.25, 0.3) is 0 Å². The van der Waals surface area contributed by atoms with Crippen molar-refractivity contribution in [1.82, 2.24) is 5.32 Å². The van der Waals surface area contributed by atoms with Crippen molar-refractivity contribution in [2.75, 3.05) is 12.3 Å². The summed E-state index contributed by atoms with van der Waals surface area (Å²) in [6, 6.07) is 6.51. The number of carbonyl (C=O) groups is 1. The highest BCUT2D eigenvalue weighted by molar-refractivity contribution is 5.91. The van der Waals surface area contributed by atoms with Gasteiger partial charge < -0.3 is 11.1 Å². The first-order chi connectivity index (χ1) is 9.28. The van der Waals surface area contributed by atoms with Crippen LogP contribution in [0.2, 0.25) is 0 Å². The Morgan fingerprint density at radius 1 is 1.30 bits per heavy atom. The van der Waals surface area contributed by atoms with E-state index in [1.54, 1.807) is 24.3 Å². The third-order valence-electron chi connectivity index (χ3n) is 3.45. The molecule has 0 radical (unpaired) electrons. The van der Waals surface area contributed by atoms with Crippen molar-refractivity contribution < 1.29 is 22.4 Å². The molecule has 1 aromatic carbocycles. The molecule has 1 saturated carbocycles. The van der Waals surface area contributed by atoms with Crippen LogP contribution in [0, 0.1) is 0 Å². The molecule has 0 bridgehead atoms. The minimum absolute atomic E-state index is 0.503. The molecule has 0 unspecified atom stereocenters. The van der Waals surface area contributed by atoms with Gasteiger partial charge in [-0.25, -0.2) is 8.78 Å². The van der Waals surface area contributed by atoms with Crippen LogP contribution in [0.1, 0.15) is 18.4 Å². The number of amides is 1. The lowest BCUT2D eigenvalue weighted by molar-refractivity contribution is -0.137. The van der Waals surface area contributed by atoms with Gasteiger partial charge >= 0.3 is 12.3 Å². The molecule has 0 aromatic heterocycles. The maximum atomic E-state index is 12.8. The number of rotatable bonds is 5. The SMILES string of the molecule is Nc1ccc(C2(C(=O)NCC(F)(F)C(F)F)CC2)cc1. The van der Waals surface area contributed by atoms with Gasteiger partial charge in [-0.1, -0.05) is 12.1 Å². The van der Waals surface area contributed by atoms with Crippen molar-refractivity contribution in [3.63, 3.8) is 0 Å². The van der Waals surface area contributed by atoms with Crippen LogP contribution in [0.3, 0.4) is 0 Å². The number of nitrogen functional groups attached to an aromatic ring is 1. The van der Waals surface area contributed by atoms with Crippen LogP contribution in [0.4, 0.5) is 23.2 Å². The Morgan fingerprint density at radius 2 is 1.85 bits per heavy atom. The van der Waals surface area contributed by atoms with Gasteiger partial charge in [-0.3, -0.25) is 4.79 Å². The first-order valence-electron chi connectivity index (χ1n) is 6.08. The molecular formula is C13H14F4N2O. The fourth-order valence-electron chi connectivity index (χ4n) is 2.02. The maximum Gasteiger partial charge on any atom is 0.324 e. The minimum Gasteiger partial charge on any atom is -0.399 e. The quantitative estimate of drug-likeness (QED) is 0.646. The van der Waals surface area contributed by atoms with E-state index < -0.39 is 30.2 Å². The Morgan fingerprint density at radius 3 is 2.30 bits per heavy atom. The van der Waals surface area contributed by atoms with Crippen molar-refractivity contribution in [2.24, 2.45) is 0 Å².